The molecule has 1 rings (SSSR count). The van der Waals surface area contributed by atoms with Crippen LogP contribution in [0.5, 0.6) is 0 Å². The highest BCUT2D eigenvalue weighted by Crippen LogP contribution is 2.00. The van der Waals surface area contributed by atoms with Gasteiger partial charge in [-0.2, -0.15) is 8.42 Å². The highest BCUT2D eigenvalue weighted by Gasteiger charge is 2.00. The van der Waals surface area contributed by atoms with Gasteiger partial charge in [-0.25, -0.2) is 0 Å². The van der Waals surface area contributed by atoms with Gasteiger partial charge in [-0.05, 0) is 25.0 Å². The number of aryl methyl sites for hydroxylation is 2. The minimum atomic E-state index is -3.28. The maximum atomic E-state index is 10.6. The van der Waals surface area contributed by atoms with Crippen LogP contribution in [0.2, 0.25) is 0 Å². The molecule has 0 aliphatic heterocycles. The Labute approximate surface area is 84.6 Å². The molecule has 0 aliphatic carbocycles. The largest absolute Gasteiger partial charge is 0.354 e. The van der Waals surface area contributed by atoms with Gasteiger partial charge in [0.1, 0.15) is 0 Å². The molecule has 0 aromatic carbocycles. The van der Waals surface area contributed by atoms with Crippen molar-refractivity contribution in [2.75, 3.05) is 12.9 Å². The molecule has 0 atom stereocenters. The molecule has 5 heteroatoms. The van der Waals surface area contributed by atoms with Gasteiger partial charge in [-0.3, -0.25) is 4.18 Å². The molecular weight excluding hydrogens is 202 g/mol. The molecule has 0 spiro atoms. The molecule has 0 bridgehead atoms. The van der Waals surface area contributed by atoms with E-state index in [1.807, 2.05) is 30.0 Å². The van der Waals surface area contributed by atoms with Crippen molar-refractivity contribution >= 4 is 10.1 Å². The fourth-order valence-electron chi connectivity index (χ4n) is 1.16. The van der Waals surface area contributed by atoms with E-state index in [4.69, 9.17) is 0 Å². The fourth-order valence-corrected chi connectivity index (χ4v) is 1.58. The van der Waals surface area contributed by atoms with Gasteiger partial charge in [0, 0.05) is 18.9 Å². The maximum absolute atomic E-state index is 10.6. The van der Waals surface area contributed by atoms with Crippen molar-refractivity contribution in [3.05, 3.63) is 24.0 Å². The van der Waals surface area contributed by atoms with Crippen LogP contribution in [0.4, 0.5) is 0 Å². The van der Waals surface area contributed by atoms with E-state index in [0.29, 0.717) is 6.42 Å². The first-order valence-corrected chi connectivity index (χ1v) is 6.26. The smallest absolute Gasteiger partial charge is 0.264 e. The van der Waals surface area contributed by atoms with Crippen molar-refractivity contribution in [2.24, 2.45) is 0 Å². The van der Waals surface area contributed by atoms with E-state index in [1.54, 1.807) is 0 Å². The van der Waals surface area contributed by atoms with Gasteiger partial charge in [0.05, 0.1) is 12.9 Å². The summed E-state index contributed by atoms with van der Waals surface area (Å²) in [5, 5.41) is 0. The molecule has 0 saturated heterocycles. The van der Waals surface area contributed by atoms with E-state index in [1.165, 1.54) is 5.56 Å². The van der Waals surface area contributed by atoms with Crippen LogP contribution < -0.4 is 0 Å². The van der Waals surface area contributed by atoms with Gasteiger partial charge in [0.25, 0.3) is 10.1 Å². The van der Waals surface area contributed by atoms with Crippen molar-refractivity contribution in [3.8, 4) is 0 Å². The van der Waals surface area contributed by atoms with E-state index in [-0.39, 0.29) is 6.61 Å². The quantitative estimate of drug-likeness (QED) is 0.549. The number of hydrogen-bond acceptors (Lipinski definition) is 3. The highest BCUT2D eigenvalue weighted by molar-refractivity contribution is 7.85. The van der Waals surface area contributed by atoms with Crippen molar-refractivity contribution in [3.63, 3.8) is 0 Å². The van der Waals surface area contributed by atoms with E-state index >= 15 is 0 Å². The Morgan fingerprint density at radius 1 is 1.50 bits per heavy atom. The second-order valence-corrected chi connectivity index (χ2v) is 4.95. The highest BCUT2D eigenvalue weighted by atomic mass is 32.2. The zero-order chi connectivity index (χ0) is 10.6. The van der Waals surface area contributed by atoms with Crippen LogP contribution in [0.15, 0.2) is 18.5 Å². The second-order valence-electron chi connectivity index (χ2n) is 3.31. The molecule has 0 saturated carbocycles. The summed E-state index contributed by atoms with van der Waals surface area (Å²) in [4.78, 5) is 0. The summed E-state index contributed by atoms with van der Waals surface area (Å²) in [6.07, 6.45) is 5.74. The molecule has 1 aromatic rings. The normalized spacial score (nSPS) is 11.9. The monoisotopic (exact) mass is 217 g/mol. The van der Waals surface area contributed by atoms with Crippen molar-refractivity contribution in [2.45, 2.75) is 19.9 Å². The van der Waals surface area contributed by atoms with Crippen LogP contribution in [0.3, 0.4) is 0 Å². The topological polar surface area (TPSA) is 48.3 Å². The summed E-state index contributed by atoms with van der Waals surface area (Å²) < 4.78 is 27.9. The fraction of sp³-hybridized carbons (Fsp3) is 0.556. The summed E-state index contributed by atoms with van der Waals surface area (Å²) in [5.41, 5.74) is 1.20. The minimum absolute atomic E-state index is 0.246. The maximum Gasteiger partial charge on any atom is 0.264 e. The van der Waals surface area contributed by atoms with E-state index in [2.05, 4.69) is 4.18 Å². The van der Waals surface area contributed by atoms with Crippen LogP contribution in [-0.4, -0.2) is 25.8 Å². The number of hydrogen-bond donors (Lipinski definition) is 0. The molecule has 0 unspecified atom stereocenters. The number of nitrogens with zero attached hydrogens (tertiary/aromatic N) is 1. The molecule has 0 fully saturated rings. The Hall–Kier alpha value is -0.810. The summed E-state index contributed by atoms with van der Waals surface area (Å²) in [7, 11) is -3.28. The van der Waals surface area contributed by atoms with Crippen molar-refractivity contribution < 1.29 is 12.6 Å². The lowest BCUT2D eigenvalue weighted by molar-refractivity contribution is 0.307. The third-order valence-electron chi connectivity index (χ3n) is 1.76. The van der Waals surface area contributed by atoms with Crippen LogP contribution in [0.25, 0.3) is 0 Å². The predicted octanol–water partition coefficient (Wildman–Crippen LogP) is 1.16. The Kier molecular flexibility index (Phi) is 3.71. The number of rotatable bonds is 5. The first-order chi connectivity index (χ1) is 6.47. The third-order valence-corrected chi connectivity index (χ3v) is 2.35. The lowest BCUT2D eigenvalue weighted by Gasteiger charge is -2.02. The minimum Gasteiger partial charge on any atom is -0.354 e. The first-order valence-electron chi connectivity index (χ1n) is 4.44. The van der Waals surface area contributed by atoms with Crippen LogP contribution in [-0.2, 0) is 20.8 Å². The molecule has 0 aliphatic rings. The molecule has 14 heavy (non-hydrogen) atoms. The summed E-state index contributed by atoms with van der Waals surface area (Å²) in [6, 6.07) is 2.01. The van der Waals surface area contributed by atoms with Crippen LogP contribution >= 0.6 is 0 Å². The predicted molar refractivity (Wildman–Crippen MR) is 54.6 cm³/mol. The summed E-state index contributed by atoms with van der Waals surface area (Å²) in [5.74, 6) is 0. The van der Waals surface area contributed by atoms with Crippen LogP contribution in [0, 0.1) is 6.92 Å². The number of aromatic nitrogens is 1. The first kappa shape index (κ1) is 11.3. The molecular formula is C9H15NO3S. The van der Waals surface area contributed by atoms with Gasteiger partial charge in [-0.1, -0.05) is 0 Å². The van der Waals surface area contributed by atoms with Gasteiger partial charge >= 0.3 is 0 Å². The Bertz CT molecular complexity index is 381. The average Bonchev–Trinajstić information content (AvgIpc) is 2.44. The molecule has 1 heterocycles. The molecule has 0 N–H and O–H groups in total. The van der Waals surface area contributed by atoms with Gasteiger partial charge in [0.15, 0.2) is 0 Å². The zero-order valence-corrected chi connectivity index (χ0v) is 9.25. The van der Waals surface area contributed by atoms with Crippen molar-refractivity contribution in [1.29, 1.82) is 0 Å². The Morgan fingerprint density at radius 3 is 2.71 bits per heavy atom. The SMILES string of the molecule is Cc1ccn(CCCOS(C)(=O)=O)c1. The molecule has 1 aromatic heterocycles. The average molecular weight is 217 g/mol. The third kappa shape index (κ3) is 4.43. The molecule has 80 valence electrons. The lowest BCUT2D eigenvalue weighted by atomic mass is 10.4. The lowest BCUT2D eigenvalue weighted by Crippen LogP contribution is -2.06. The Morgan fingerprint density at radius 2 is 2.21 bits per heavy atom. The molecule has 0 amide bonds. The summed E-state index contributed by atoms with van der Waals surface area (Å²) >= 11 is 0. The van der Waals surface area contributed by atoms with Gasteiger partial charge in [0.2, 0.25) is 0 Å². The van der Waals surface area contributed by atoms with Gasteiger partial charge in [-0.15, -0.1) is 0 Å². The second kappa shape index (κ2) is 4.61. The van der Waals surface area contributed by atoms with Crippen molar-refractivity contribution in [1.82, 2.24) is 4.57 Å². The molecule has 4 nitrogen and oxygen atoms in total. The van der Waals surface area contributed by atoms with Gasteiger partial charge < -0.3 is 4.57 Å². The standard InChI is InChI=1S/C9H15NO3S/c1-9-4-6-10(8-9)5-3-7-13-14(2,11)12/h4,6,8H,3,5,7H2,1-2H3. The summed E-state index contributed by atoms with van der Waals surface area (Å²) in [6.45, 7) is 3.04. The van der Waals surface area contributed by atoms with E-state index in [0.717, 1.165) is 12.8 Å². The van der Waals surface area contributed by atoms with E-state index in [9.17, 15) is 8.42 Å². The zero-order valence-electron chi connectivity index (χ0n) is 8.43. The van der Waals surface area contributed by atoms with Crippen LogP contribution in [0.1, 0.15) is 12.0 Å². The molecule has 0 radical (unpaired) electrons. The van der Waals surface area contributed by atoms with E-state index < -0.39 is 10.1 Å². The Balaban J connectivity index is 2.23.